The van der Waals surface area contributed by atoms with Crippen LogP contribution < -0.4 is 0 Å². The lowest BCUT2D eigenvalue weighted by molar-refractivity contribution is -0.144. The predicted molar refractivity (Wildman–Crippen MR) is 39.0 cm³/mol. The topological polar surface area (TPSA) is 37.3 Å². The van der Waals surface area contributed by atoms with Gasteiger partial charge < -0.3 is 5.11 Å². The molecule has 0 aromatic heterocycles. The molecule has 0 heterocycles. The first-order valence-electron chi connectivity index (χ1n) is 3.65. The predicted octanol–water partition coefficient (Wildman–Crippen LogP) is 1.77. The Balaban J connectivity index is 2.57. The number of halogens is 1. The number of alkyl halides is 1. The quantitative estimate of drug-likeness (QED) is 0.590. The number of rotatable bonds is 1. The molecule has 0 aromatic rings. The van der Waals surface area contributed by atoms with Crippen LogP contribution in [0.2, 0.25) is 0 Å². The van der Waals surface area contributed by atoms with Crippen LogP contribution in [0.15, 0.2) is 12.2 Å². The monoisotopic (exact) mass is 158 g/mol. The maximum Gasteiger partial charge on any atom is 0.309 e. The lowest BCUT2D eigenvalue weighted by Crippen LogP contribution is -2.28. The normalized spacial score (nSPS) is 31.9. The molecule has 1 aliphatic carbocycles. The first-order chi connectivity index (χ1) is 5.11. The van der Waals surface area contributed by atoms with Gasteiger partial charge in [0.25, 0.3) is 0 Å². The third-order valence-corrected chi connectivity index (χ3v) is 2.05. The molecule has 0 bridgehead atoms. The Morgan fingerprint density at radius 2 is 2.36 bits per heavy atom. The average Bonchev–Trinajstić information content (AvgIpc) is 1.85. The van der Waals surface area contributed by atoms with E-state index < -0.39 is 18.1 Å². The van der Waals surface area contributed by atoms with Crippen LogP contribution in [0.4, 0.5) is 4.39 Å². The Bertz CT molecular complexity index is 189. The van der Waals surface area contributed by atoms with Crippen LogP contribution in [0.25, 0.3) is 0 Å². The van der Waals surface area contributed by atoms with Crippen molar-refractivity contribution in [1.29, 1.82) is 0 Å². The average molecular weight is 158 g/mol. The minimum absolute atomic E-state index is 0.219. The van der Waals surface area contributed by atoms with Crippen molar-refractivity contribution in [1.82, 2.24) is 0 Å². The summed E-state index contributed by atoms with van der Waals surface area (Å²) in [5.41, 5.74) is 0.829. The van der Waals surface area contributed by atoms with Crippen LogP contribution in [-0.2, 0) is 4.79 Å². The van der Waals surface area contributed by atoms with E-state index in [-0.39, 0.29) is 6.42 Å². The van der Waals surface area contributed by atoms with Crippen molar-refractivity contribution in [3.8, 4) is 0 Å². The molecule has 0 spiro atoms. The summed E-state index contributed by atoms with van der Waals surface area (Å²) >= 11 is 0. The SMILES string of the molecule is C=C1CCC(C(=O)O)C(F)C1. The molecular formula is C8H11FO2. The van der Waals surface area contributed by atoms with E-state index in [0.29, 0.717) is 12.8 Å². The van der Waals surface area contributed by atoms with Gasteiger partial charge in [0.15, 0.2) is 0 Å². The van der Waals surface area contributed by atoms with Crippen molar-refractivity contribution in [3.63, 3.8) is 0 Å². The molecule has 3 heteroatoms. The Morgan fingerprint density at radius 1 is 1.73 bits per heavy atom. The Kier molecular flexibility index (Phi) is 2.27. The van der Waals surface area contributed by atoms with Gasteiger partial charge in [0, 0.05) is 6.42 Å². The van der Waals surface area contributed by atoms with Gasteiger partial charge in [-0.3, -0.25) is 4.79 Å². The summed E-state index contributed by atoms with van der Waals surface area (Å²) in [6.45, 7) is 3.63. The highest BCUT2D eigenvalue weighted by molar-refractivity contribution is 5.71. The number of carboxylic acids is 1. The van der Waals surface area contributed by atoms with E-state index in [1.807, 2.05) is 0 Å². The van der Waals surface area contributed by atoms with E-state index in [0.717, 1.165) is 5.57 Å². The molecule has 62 valence electrons. The maximum absolute atomic E-state index is 12.9. The molecule has 2 unspecified atom stereocenters. The van der Waals surface area contributed by atoms with Gasteiger partial charge in [-0.05, 0) is 12.8 Å². The van der Waals surface area contributed by atoms with Crippen molar-refractivity contribution in [2.45, 2.75) is 25.4 Å². The summed E-state index contributed by atoms with van der Waals surface area (Å²) in [4.78, 5) is 10.4. The first kappa shape index (κ1) is 8.24. The van der Waals surface area contributed by atoms with Crippen LogP contribution in [0.3, 0.4) is 0 Å². The second-order valence-corrected chi connectivity index (χ2v) is 2.95. The fraction of sp³-hybridized carbons (Fsp3) is 0.625. The highest BCUT2D eigenvalue weighted by Crippen LogP contribution is 2.29. The highest BCUT2D eigenvalue weighted by atomic mass is 19.1. The summed E-state index contributed by atoms with van der Waals surface area (Å²) in [6.07, 6.45) is 0.0395. The van der Waals surface area contributed by atoms with E-state index >= 15 is 0 Å². The Labute approximate surface area is 64.7 Å². The Hall–Kier alpha value is -0.860. The second-order valence-electron chi connectivity index (χ2n) is 2.95. The van der Waals surface area contributed by atoms with Gasteiger partial charge in [0.2, 0.25) is 0 Å². The van der Waals surface area contributed by atoms with Gasteiger partial charge in [-0.25, -0.2) is 4.39 Å². The number of aliphatic carboxylic acids is 1. The zero-order valence-electron chi connectivity index (χ0n) is 6.22. The second kappa shape index (κ2) is 3.03. The van der Waals surface area contributed by atoms with Crippen LogP contribution in [0.1, 0.15) is 19.3 Å². The van der Waals surface area contributed by atoms with Gasteiger partial charge in [-0.2, -0.15) is 0 Å². The summed E-state index contributed by atoms with van der Waals surface area (Å²) < 4.78 is 12.9. The first-order valence-corrected chi connectivity index (χ1v) is 3.65. The number of carboxylic acid groups (broad SMARTS) is 1. The minimum atomic E-state index is -1.23. The molecule has 2 nitrogen and oxygen atoms in total. The molecule has 1 rings (SSSR count). The Morgan fingerprint density at radius 3 is 2.82 bits per heavy atom. The zero-order valence-corrected chi connectivity index (χ0v) is 6.22. The van der Waals surface area contributed by atoms with Crippen molar-refractivity contribution >= 4 is 5.97 Å². The molecule has 0 aromatic carbocycles. The van der Waals surface area contributed by atoms with E-state index in [9.17, 15) is 9.18 Å². The van der Waals surface area contributed by atoms with Crippen LogP contribution in [0.5, 0.6) is 0 Å². The molecule has 11 heavy (non-hydrogen) atoms. The van der Waals surface area contributed by atoms with Gasteiger partial charge >= 0.3 is 5.97 Å². The molecule has 1 fully saturated rings. The van der Waals surface area contributed by atoms with Crippen molar-refractivity contribution < 1.29 is 14.3 Å². The molecule has 0 amide bonds. The van der Waals surface area contributed by atoms with Crippen molar-refractivity contribution in [2.24, 2.45) is 5.92 Å². The van der Waals surface area contributed by atoms with Crippen LogP contribution in [-0.4, -0.2) is 17.2 Å². The molecule has 1 N–H and O–H groups in total. The largest absolute Gasteiger partial charge is 0.481 e. The summed E-state index contributed by atoms with van der Waals surface area (Å²) in [5.74, 6) is -1.83. The number of hydrogen-bond donors (Lipinski definition) is 1. The smallest absolute Gasteiger partial charge is 0.309 e. The molecule has 0 radical (unpaired) electrons. The lowest BCUT2D eigenvalue weighted by Gasteiger charge is -2.23. The van der Waals surface area contributed by atoms with E-state index in [1.54, 1.807) is 0 Å². The van der Waals surface area contributed by atoms with Gasteiger partial charge in [-0.15, -0.1) is 0 Å². The molecule has 0 aliphatic heterocycles. The summed E-state index contributed by atoms with van der Waals surface area (Å²) in [6, 6.07) is 0. The molecule has 1 saturated carbocycles. The number of hydrogen-bond acceptors (Lipinski definition) is 1. The maximum atomic E-state index is 12.9. The van der Waals surface area contributed by atoms with Crippen LogP contribution >= 0.6 is 0 Å². The number of allylic oxidation sites excluding steroid dienone is 1. The van der Waals surface area contributed by atoms with Gasteiger partial charge in [0.1, 0.15) is 6.17 Å². The fourth-order valence-corrected chi connectivity index (χ4v) is 1.34. The number of carbonyl (C=O) groups is 1. The van der Waals surface area contributed by atoms with Crippen LogP contribution in [0, 0.1) is 5.92 Å². The van der Waals surface area contributed by atoms with Crippen molar-refractivity contribution in [3.05, 3.63) is 12.2 Å². The van der Waals surface area contributed by atoms with Crippen molar-refractivity contribution in [2.75, 3.05) is 0 Å². The van der Waals surface area contributed by atoms with E-state index in [4.69, 9.17) is 5.11 Å². The summed E-state index contributed by atoms with van der Waals surface area (Å²) in [7, 11) is 0. The van der Waals surface area contributed by atoms with E-state index in [1.165, 1.54) is 0 Å². The zero-order chi connectivity index (χ0) is 8.43. The third kappa shape index (κ3) is 1.79. The van der Waals surface area contributed by atoms with E-state index in [2.05, 4.69) is 6.58 Å². The van der Waals surface area contributed by atoms with Gasteiger partial charge in [-0.1, -0.05) is 12.2 Å². The third-order valence-electron chi connectivity index (χ3n) is 2.05. The molecule has 2 atom stereocenters. The van der Waals surface area contributed by atoms with Gasteiger partial charge in [0.05, 0.1) is 5.92 Å². The minimum Gasteiger partial charge on any atom is -0.481 e. The molecule has 1 aliphatic rings. The lowest BCUT2D eigenvalue weighted by atomic mass is 9.85. The highest BCUT2D eigenvalue weighted by Gasteiger charge is 2.31. The standard InChI is InChI=1S/C8H11FO2/c1-5-2-3-6(8(10)11)7(9)4-5/h6-7H,1-4H2,(H,10,11). The molecular weight excluding hydrogens is 147 g/mol. The summed E-state index contributed by atoms with van der Waals surface area (Å²) in [5, 5.41) is 8.53. The fourth-order valence-electron chi connectivity index (χ4n) is 1.34. The molecule has 0 saturated heterocycles.